The van der Waals surface area contributed by atoms with Crippen LogP contribution < -0.4 is 5.32 Å². The van der Waals surface area contributed by atoms with E-state index in [0.29, 0.717) is 32.6 Å². The Balaban J connectivity index is 2.09. The predicted molar refractivity (Wildman–Crippen MR) is 117 cm³/mol. The van der Waals surface area contributed by atoms with Gasteiger partial charge in [-0.1, -0.05) is 59.8 Å². The first-order valence-corrected chi connectivity index (χ1v) is 10.2. The smallest absolute Gasteiger partial charge is 0.234 e. The van der Waals surface area contributed by atoms with Crippen molar-refractivity contribution in [1.29, 1.82) is 10.5 Å². The molecular weight excluding hydrogens is 404 g/mol. The maximum atomic E-state index is 13.2. The lowest BCUT2D eigenvalue weighted by atomic mass is 9.76. The number of amides is 1. The van der Waals surface area contributed by atoms with E-state index in [0.717, 1.165) is 0 Å². The zero-order chi connectivity index (χ0) is 20.8. The van der Waals surface area contributed by atoms with Crippen molar-refractivity contribution in [2.45, 2.75) is 12.8 Å². The van der Waals surface area contributed by atoms with Gasteiger partial charge in [-0.05, 0) is 30.7 Å². The number of nitrogens with one attached hydrogen (secondary N) is 1. The van der Waals surface area contributed by atoms with Crippen LogP contribution in [0, 0.1) is 28.6 Å². The van der Waals surface area contributed by atoms with Crippen LogP contribution in [0.4, 0.5) is 5.69 Å². The molecule has 7 heteroatoms. The third-order valence-electron chi connectivity index (χ3n) is 4.56. The largest absolute Gasteiger partial charge is 0.325 e. The Labute approximate surface area is 178 Å². The van der Waals surface area contributed by atoms with Gasteiger partial charge < -0.3 is 5.32 Å². The van der Waals surface area contributed by atoms with Crippen molar-refractivity contribution in [3.63, 3.8) is 0 Å². The fraction of sp³-hybridized carbons (Fsp3) is 0.182. The molecule has 0 radical (unpaired) electrons. The number of para-hydroxylation sites is 1. The van der Waals surface area contributed by atoms with Gasteiger partial charge in [0, 0.05) is 22.3 Å². The summed E-state index contributed by atoms with van der Waals surface area (Å²) in [6.45, 7) is 1.76. The number of anilines is 1. The number of carbonyl (C=O) groups is 1. The molecule has 0 spiro atoms. The highest BCUT2D eigenvalue weighted by Crippen LogP contribution is 2.44. The molecule has 0 aromatic heterocycles. The second kappa shape index (κ2) is 9.43. The maximum Gasteiger partial charge on any atom is 0.234 e. The van der Waals surface area contributed by atoms with Crippen LogP contribution >= 0.6 is 23.4 Å². The topological polar surface area (TPSA) is 89.0 Å². The zero-order valence-electron chi connectivity index (χ0n) is 15.6. The lowest BCUT2D eigenvalue weighted by molar-refractivity contribution is -0.118. The normalized spacial score (nSPS) is 18.4. The quantitative estimate of drug-likeness (QED) is 0.724. The van der Waals surface area contributed by atoms with Gasteiger partial charge in [-0.25, -0.2) is 4.99 Å². The van der Waals surface area contributed by atoms with Crippen molar-refractivity contribution in [3.8, 4) is 12.1 Å². The van der Waals surface area contributed by atoms with E-state index in [9.17, 15) is 10.1 Å². The number of thioether (sulfide) groups is 1. The summed E-state index contributed by atoms with van der Waals surface area (Å²) in [7, 11) is 0. The molecule has 0 bridgehead atoms. The average molecular weight is 421 g/mol. The molecule has 1 unspecified atom stereocenters. The highest BCUT2D eigenvalue weighted by Gasteiger charge is 2.40. The predicted octanol–water partition coefficient (Wildman–Crippen LogP) is 5.14. The molecule has 2 atom stereocenters. The monoisotopic (exact) mass is 420 g/mol. The van der Waals surface area contributed by atoms with Crippen molar-refractivity contribution in [1.82, 2.24) is 0 Å². The minimum absolute atomic E-state index is 0.160. The number of aliphatic imine (C=N–C) groups is 1. The van der Waals surface area contributed by atoms with E-state index in [4.69, 9.17) is 16.9 Å². The number of carbonyl (C=O) groups excluding carboxylic acids is 1. The van der Waals surface area contributed by atoms with Gasteiger partial charge in [-0.15, -0.1) is 0 Å². The zero-order valence-corrected chi connectivity index (χ0v) is 17.2. The Kier molecular flexibility index (Phi) is 6.72. The van der Waals surface area contributed by atoms with E-state index >= 15 is 0 Å². The number of nitriles is 2. The van der Waals surface area contributed by atoms with Crippen LogP contribution in [0.1, 0.15) is 18.4 Å². The Hall–Kier alpha value is -3.06. The van der Waals surface area contributed by atoms with Gasteiger partial charge in [0.1, 0.15) is 5.03 Å². The molecule has 29 heavy (non-hydrogen) atoms. The molecule has 0 aliphatic carbocycles. The fourth-order valence-electron chi connectivity index (χ4n) is 3.30. The van der Waals surface area contributed by atoms with E-state index in [1.165, 1.54) is 11.8 Å². The molecule has 1 aliphatic rings. The molecule has 1 aliphatic heterocycles. The first-order valence-electron chi connectivity index (χ1n) is 8.86. The number of allylic oxidation sites excluding steroid dienone is 1. The highest BCUT2D eigenvalue weighted by molar-refractivity contribution is 8.03. The molecule has 0 fully saturated rings. The van der Waals surface area contributed by atoms with Gasteiger partial charge in [0.2, 0.25) is 5.91 Å². The number of rotatable bonds is 5. The summed E-state index contributed by atoms with van der Waals surface area (Å²) in [6, 6.07) is 20.6. The van der Waals surface area contributed by atoms with E-state index in [1.54, 1.807) is 31.2 Å². The summed E-state index contributed by atoms with van der Waals surface area (Å²) in [5.41, 5.74) is 2.26. The van der Waals surface area contributed by atoms with Gasteiger partial charge in [0.05, 0.1) is 29.4 Å². The Morgan fingerprint density at radius 3 is 2.52 bits per heavy atom. The Bertz CT molecular complexity index is 1070. The van der Waals surface area contributed by atoms with E-state index in [2.05, 4.69) is 22.4 Å². The van der Waals surface area contributed by atoms with Crippen LogP contribution in [0.15, 0.2) is 70.2 Å². The van der Waals surface area contributed by atoms with Crippen LogP contribution in [-0.4, -0.2) is 17.4 Å². The number of halogens is 1. The third-order valence-corrected chi connectivity index (χ3v) is 5.76. The third kappa shape index (κ3) is 4.51. The van der Waals surface area contributed by atoms with Crippen LogP contribution in [0.5, 0.6) is 0 Å². The summed E-state index contributed by atoms with van der Waals surface area (Å²) >= 11 is 7.64. The summed E-state index contributed by atoms with van der Waals surface area (Å²) < 4.78 is 0. The molecule has 0 saturated carbocycles. The van der Waals surface area contributed by atoms with Crippen molar-refractivity contribution in [3.05, 3.63) is 75.8 Å². The Morgan fingerprint density at radius 2 is 1.86 bits per heavy atom. The minimum Gasteiger partial charge on any atom is -0.325 e. The SMILES string of the molecule is CC1=NC(SCC#N)=C(C#N)[C@H](c2ccccc2Cl)C1C(=O)Nc1ccccc1. The van der Waals surface area contributed by atoms with Gasteiger partial charge in [0.25, 0.3) is 0 Å². The number of benzene rings is 2. The summed E-state index contributed by atoms with van der Waals surface area (Å²) in [5, 5.41) is 22.7. The van der Waals surface area contributed by atoms with Crippen LogP contribution in [-0.2, 0) is 4.79 Å². The second-order valence-electron chi connectivity index (χ2n) is 6.36. The first kappa shape index (κ1) is 20.7. The van der Waals surface area contributed by atoms with E-state index < -0.39 is 11.8 Å². The van der Waals surface area contributed by atoms with E-state index in [-0.39, 0.29) is 11.7 Å². The van der Waals surface area contributed by atoms with Gasteiger partial charge in [-0.2, -0.15) is 10.5 Å². The van der Waals surface area contributed by atoms with Crippen molar-refractivity contribution in [2.24, 2.45) is 10.9 Å². The lowest BCUT2D eigenvalue weighted by Crippen LogP contribution is -2.36. The molecule has 3 rings (SSSR count). The molecule has 1 N–H and O–H groups in total. The maximum absolute atomic E-state index is 13.2. The molecule has 2 aromatic rings. The van der Waals surface area contributed by atoms with Gasteiger partial charge in [-0.3, -0.25) is 4.79 Å². The number of hydrogen-bond acceptors (Lipinski definition) is 5. The number of nitrogens with zero attached hydrogens (tertiary/aromatic N) is 3. The molecule has 1 heterocycles. The van der Waals surface area contributed by atoms with Crippen molar-refractivity contribution >= 4 is 40.7 Å². The Morgan fingerprint density at radius 1 is 1.17 bits per heavy atom. The fourth-order valence-corrected chi connectivity index (χ4v) is 4.30. The van der Waals surface area contributed by atoms with Crippen LogP contribution in [0.2, 0.25) is 5.02 Å². The van der Waals surface area contributed by atoms with Gasteiger partial charge >= 0.3 is 0 Å². The molecular formula is C22H17ClN4OS. The molecule has 1 amide bonds. The van der Waals surface area contributed by atoms with Gasteiger partial charge in [0.15, 0.2) is 0 Å². The molecule has 144 valence electrons. The van der Waals surface area contributed by atoms with Crippen LogP contribution in [0.25, 0.3) is 0 Å². The lowest BCUT2D eigenvalue weighted by Gasteiger charge is -2.31. The minimum atomic E-state index is -0.698. The molecule has 5 nitrogen and oxygen atoms in total. The number of hydrogen-bond donors (Lipinski definition) is 1. The summed E-state index contributed by atoms with van der Waals surface area (Å²) in [5.74, 6) is -1.39. The van der Waals surface area contributed by atoms with Crippen molar-refractivity contribution < 1.29 is 4.79 Å². The average Bonchev–Trinajstić information content (AvgIpc) is 2.72. The first-order chi connectivity index (χ1) is 14.1. The summed E-state index contributed by atoms with van der Waals surface area (Å²) in [6.07, 6.45) is 0. The molecule has 0 saturated heterocycles. The second-order valence-corrected chi connectivity index (χ2v) is 7.73. The van der Waals surface area contributed by atoms with Crippen molar-refractivity contribution in [2.75, 3.05) is 11.1 Å². The highest BCUT2D eigenvalue weighted by atomic mass is 35.5. The molecule has 2 aromatic carbocycles. The van der Waals surface area contributed by atoms with Crippen LogP contribution in [0.3, 0.4) is 0 Å². The van der Waals surface area contributed by atoms with E-state index in [1.807, 2.05) is 30.3 Å². The summed E-state index contributed by atoms with van der Waals surface area (Å²) in [4.78, 5) is 17.7. The standard InChI is InChI=1S/C22H17ClN4OS/c1-14-19(21(28)27-15-7-3-2-4-8-15)20(16-9-5-6-10-18(16)23)17(13-25)22(26-14)29-12-11-24/h2-10,19-20H,12H2,1H3,(H,27,28)/t19?,20-/m0/s1.